The number of rotatable bonds is 2. The first-order valence-corrected chi connectivity index (χ1v) is 6.08. The largest absolute Gasteiger partial charge is 0.389 e. The first-order valence-electron chi connectivity index (χ1n) is 5.26. The lowest BCUT2D eigenvalue weighted by molar-refractivity contribution is 0.281. The van der Waals surface area contributed by atoms with Crippen LogP contribution in [0.1, 0.15) is 21.0 Å². The van der Waals surface area contributed by atoms with Gasteiger partial charge in [0.1, 0.15) is 5.01 Å². The molecule has 2 rings (SSSR count). The zero-order valence-corrected chi connectivity index (χ0v) is 10.6. The molecule has 1 aromatic heterocycles. The number of nitrogens with zero attached hydrogens (tertiary/aromatic N) is 1. The van der Waals surface area contributed by atoms with E-state index in [9.17, 15) is 0 Å². The molecule has 1 aromatic carbocycles. The summed E-state index contributed by atoms with van der Waals surface area (Å²) in [6.07, 6.45) is 0. The smallest absolute Gasteiger partial charge is 0.119 e. The highest BCUT2D eigenvalue weighted by Crippen LogP contribution is 2.30. The minimum absolute atomic E-state index is 0.0242. The Labute approximate surface area is 99.6 Å². The Morgan fingerprint density at radius 2 is 2.00 bits per heavy atom. The molecule has 1 N–H and O–H groups in total. The van der Waals surface area contributed by atoms with Crippen LogP contribution < -0.4 is 0 Å². The van der Waals surface area contributed by atoms with Gasteiger partial charge in [-0.2, -0.15) is 0 Å². The molecule has 84 valence electrons. The lowest BCUT2D eigenvalue weighted by Crippen LogP contribution is -1.87. The van der Waals surface area contributed by atoms with Crippen molar-refractivity contribution >= 4 is 11.3 Å². The third-order valence-corrected chi connectivity index (χ3v) is 3.57. The predicted octanol–water partition coefficient (Wildman–Crippen LogP) is 3.23. The van der Waals surface area contributed by atoms with Gasteiger partial charge >= 0.3 is 0 Å². The maximum atomic E-state index is 9.08. The summed E-state index contributed by atoms with van der Waals surface area (Å²) in [7, 11) is 0. The van der Waals surface area contributed by atoms with E-state index in [4.69, 9.17) is 5.11 Å². The molecule has 0 saturated heterocycles. The fraction of sp³-hybridized carbons (Fsp3) is 0.308. The average Bonchev–Trinajstić information content (AvgIpc) is 2.60. The molecule has 16 heavy (non-hydrogen) atoms. The van der Waals surface area contributed by atoms with Crippen LogP contribution in [0.15, 0.2) is 18.2 Å². The van der Waals surface area contributed by atoms with Gasteiger partial charge in [-0.15, -0.1) is 11.3 Å². The SMILES string of the molecule is Cc1ccc(-c2nc(CO)sc2C)c(C)c1. The van der Waals surface area contributed by atoms with Crippen LogP contribution in [0.5, 0.6) is 0 Å². The zero-order chi connectivity index (χ0) is 11.7. The molecule has 0 unspecified atom stereocenters. The van der Waals surface area contributed by atoms with Gasteiger partial charge < -0.3 is 5.11 Å². The molecule has 0 aliphatic rings. The first kappa shape index (κ1) is 11.3. The van der Waals surface area contributed by atoms with Crippen LogP contribution in [0, 0.1) is 20.8 Å². The second kappa shape index (κ2) is 4.36. The summed E-state index contributed by atoms with van der Waals surface area (Å²) in [5, 5.41) is 9.87. The molecule has 1 heterocycles. The molecule has 2 nitrogen and oxygen atoms in total. The van der Waals surface area contributed by atoms with Crippen molar-refractivity contribution in [3.8, 4) is 11.3 Å². The van der Waals surface area contributed by atoms with Gasteiger partial charge in [0, 0.05) is 10.4 Å². The van der Waals surface area contributed by atoms with E-state index >= 15 is 0 Å². The zero-order valence-electron chi connectivity index (χ0n) is 9.74. The van der Waals surface area contributed by atoms with Crippen molar-refractivity contribution in [2.75, 3.05) is 0 Å². The van der Waals surface area contributed by atoms with Crippen LogP contribution in [-0.4, -0.2) is 10.1 Å². The number of aliphatic hydroxyl groups excluding tert-OH is 1. The van der Waals surface area contributed by atoms with Crippen molar-refractivity contribution in [3.05, 3.63) is 39.2 Å². The Bertz CT molecular complexity index is 517. The Morgan fingerprint density at radius 3 is 2.56 bits per heavy atom. The highest BCUT2D eigenvalue weighted by molar-refractivity contribution is 7.12. The molecule has 0 radical (unpaired) electrons. The maximum Gasteiger partial charge on any atom is 0.119 e. The molecule has 0 aliphatic carbocycles. The van der Waals surface area contributed by atoms with Crippen LogP contribution in [0.25, 0.3) is 11.3 Å². The van der Waals surface area contributed by atoms with E-state index in [1.807, 2.05) is 6.92 Å². The van der Waals surface area contributed by atoms with Crippen LogP contribution in [-0.2, 0) is 6.61 Å². The number of hydrogen-bond donors (Lipinski definition) is 1. The summed E-state index contributed by atoms with van der Waals surface area (Å²) >= 11 is 1.56. The Balaban J connectivity index is 2.53. The Morgan fingerprint density at radius 1 is 1.25 bits per heavy atom. The van der Waals surface area contributed by atoms with E-state index in [1.54, 1.807) is 11.3 Å². The highest BCUT2D eigenvalue weighted by Gasteiger charge is 2.11. The summed E-state index contributed by atoms with van der Waals surface area (Å²) < 4.78 is 0. The molecule has 0 spiro atoms. The summed E-state index contributed by atoms with van der Waals surface area (Å²) in [6.45, 7) is 6.26. The molecular formula is C13H15NOS. The highest BCUT2D eigenvalue weighted by atomic mass is 32.1. The molecule has 0 bridgehead atoms. The molecule has 0 fully saturated rings. The molecule has 0 amide bonds. The molecule has 0 saturated carbocycles. The van der Waals surface area contributed by atoms with Crippen molar-refractivity contribution in [3.63, 3.8) is 0 Å². The van der Waals surface area contributed by atoms with Crippen molar-refractivity contribution in [2.24, 2.45) is 0 Å². The maximum absolute atomic E-state index is 9.08. The minimum atomic E-state index is 0.0242. The lowest BCUT2D eigenvalue weighted by Gasteiger charge is -2.04. The van der Waals surface area contributed by atoms with Gasteiger partial charge in [-0.05, 0) is 26.3 Å². The van der Waals surface area contributed by atoms with Crippen molar-refractivity contribution in [1.29, 1.82) is 0 Å². The molecule has 3 heteroatoms. The van der Waals surface area contributed by atoms with Gasteiger partial charge in [0.05, 0.1) is 12.3 Å². The fourth-order valence-corrected chi connectivity index (χ4v) is 2.66. The van der Waals surface area contributed by atoms with Crippen molar-refractivity contribution < 1.29 is 5.11 Å². The molecule has 0 aliphatic heterocycles. The monoisotopic (exact) mass is 233 g/mol. The molecular weight excluding hydrogens is 218 g/mol. The number of thiazole rings is 1. The van der Waals surface area contributed by atoms with E-state index < -0.39 is 0 Å². The van der Waals surface area contributed by atoms with E-state index in [2.05, 4.69) is 37.0 Å². The minimum Gasteiger partial charge on any atom is -0.389 e. The van der Waals surface area contributed by atoms with E-state index in [0.717, 1.165) is 15.6 Å². The molecule has 2 aromatic rings. The normalized spacial score (nSPS) is 10.8. The first-order chi connectivity index (χ1) is 7.61. The van der Waals surface area contributed by atoms with Gasteiger partial charge in [-0.25, -0.2) is 4.98 Å². The standard InChI is InChI=1S/C13H15NOS/c1-8-4-5-11(9(2)6-8)13-10(3)16-12(7-15)14-13/h4-6,15H,7H2,1-3H3. The summed E-state index contributed by atoms with van der Waals surface area (Å²) in [4.78, 5) is 5.62. The number of aromatic nitrogens is 1. The summed E-state index contributed by atoms with van der Waals surface area (Å²) in [6, 6.07) is 6.36. The van der Waals surface area contributed by atoms with Gasteiger partial charge in [0.25, 0.3) is 0 Å². The van der Waals surface area contributed by atoms with Gasteiger partial charge in [0.15, 0.2) is 0 Å². The predicted molar refractivity (Wildman–Crippen MR) is 67.7 cm³/mol. The second-order valence-electron chi connectivity index (χ2n) is 3.99. The Hall–Kier alpha value is -1.19. The lowest BCUT2D eigenvalue weighted by atomic mass is 10.0. The van der Waals surface area contributed by atoms with Crippen LogP contribution in [0.3, 0.4) is 0 Å². The van der Waals surface area contributed by atoms with E-state index in [-0.39, 0.29) is 6.61 Å². The summed E-state index contributed by atoms with van der Waals surface area (Å²) in [5.41, 5.74) is 4.67. The fourth-order valence-electron chi connectivity index (χ4n) is 1.85. The number of aryl methyl sites for hydroxylation is 3. The van der Waals surface area contributed by atoms with Crippen molar-refractivity contribution in [2.45, 2.75) is 27.4 Å². The molecule has 0 atom stereocenters. The van der Waals surface area contributed by atoms with E-state index in [0.29, 0.717) is 0 Å². The number of benzene rings is 1. The van der Waals surface area contributed by atoms with Gasteiger partial charge in [-0.1, -0.05) is 23.8 Å². The van der Waals surface area contributed by atoms with Crippen molar-refractivity contribution in [1.82, 2.24) is 4.98 Å². The van der Waals surface area contributed by atoms with Crippen LogP contribution in [0.4, 0.5) is 0 Å². The number of aliphatic hydroxyl groups is 1. The van der Waals surface area contributed by atoms with Crippen LogP contribution >= 0.6 is 11.3 Å². The van der Waals surface area contributed by atoms with Crippen LogP contribution in [0.2, 0.25) is 0 Å². The van der Waals surface area contributed by atoms with Gasteiger partial charge in [-0.3, -0.25) is 0 Å². The number of hydrogen-bond acceptors (Lipinski definition) is 3. The second-order valence-corrected chi connectivity index (χ2v) is 5.28. The van der Waals surface area contributed by atoms with Gasteiger partial charge in [0.2, 0.25) is 0 Å². The summed E-state index contributed by atoms with van der Waals surface area (Å²) in [5.74, 6) is 0. The van der Waals surface area contributed by atoms with E-state index in [1.165, 1.54) is 16.7 Å². The average molecular weight is 233 g/mol. The Kier molecular flexibility index (Phi) is 3.08. The third kappa shape index (κ3) is 2.01. The third-order valence-electron chi connectivity index (χ3n) is 2.61. The topological polar surface area (TPSA) is 33.1 Å². The quantitative estimate of drug-likeness (QED) is 0.864.